The monoisotopic (exact) mass is 319 g/mol. The van der Waals surface area contributed by atoms with E-state index >= 15 is 0 Å². The van der Waals surface area contributed by atoms with Crippen LogP contribution in [0, 0.1) is 11.8 Å². The molecule has 4 rings (SSSR count). The summed E-state index contributed by atoms with van der Waals surface area (Å²) in [5, 5.41) is 0. The van der Waals surface area contributed by atoms with Gasteiger partial charge in [-0.3, -0.25) is 9.69 Å². The molecule has 0 radical (unpaired) electrons. The average Bonchev–Trinajstić information content (AvgIpc) is 3.18. The summed E-state index contributed by atoms with van der Waals surface area (Å²) in [5.41, 5.74) is 0. The number of likely N-dealkylation sites (N-methyl/N-ethyl adjacent to an activating group) is 1. The molecule has 2 aliphatic heterocycles. The van der Waals surface area contributed by atoms with E-state index in [0.717, 1.165) is 31.5 Å². The lowest BCUT2D eigenvalue weighted by atomic mass is 9.82. The lowest BCUT2D eigenvalue weighted by Crippen LogP contribution is -2.59. The summed E-state index contributed by atoms with van der Waals surface area (Å²) in [6.45, 7) is 4.94. The molecule has 1 amide bonds. The summed E-state index contributed by atoms with van der Waals surface area (Å²) in [6, 6.07) is 1.19. The first-order valence-electron chi connectivity index (χ1n) is 9.93. The number of piperidine rings is 1. The van der Waals surface area contributed by atoms with Crippen LogP contribution in [0.25, 0.3) is 0 Å². The molecule has 0 aromatic carbocycles. The smallest absolute Gasteiger partial charge is 0.237 e. The van der Waals surface area contributed by atoms with Gasteiger partial charge in [0.15, 0.2) is 0 Å². The summed E-state index contributed by atoms with van der Waals surface area (Å²) >= 11 is 0. The Morgan fingerprint density at radius 3 is 2.52 bits per heavy atom. The summed E-state index contributed by atoms with van der Waals surface area (Å²) < 4.78 is 0. The molecule has 3 atom stereocenters. The van der Waals surface area contributed by atoms with E-state index in [9.17, 15) is 4.79 Å². The summed E-state index contributed by atoms with van der Waals surface area (Å²) in [6.07, 6.45) is 10.9. The van der Waals surface area contributed by atoms with Gasteiger partial charge in [0.05, 0.1) is 6.54 Å². The zero-order valence-electron chi connectivity index (χ0n) is 14.8. The van der Waals surface area contributed by atoms with Crippen molar-refractivity contribution in [3.63, 3.8) is 0 Å². The van der Waals surface area contributed by atoms with E-state index in [1.165, 1.54) is 57.9 Å². The molecule has 4 heteroatoms. The van der Waals surface area contributed by atoms with Crippen LogP contribution in [-0.4, -0.2) is 72.5 Å². The molecular weight excluding hydrogens is 286 g/mol. The average molecular weight is 319 g/mol. The standard InChI is InChI=1S/C19H33N3O/c1-20-9-10-22(18(13-20)16-5-3-2-4-6-16)19(23)14-21-12-15-7-8-17(21)11-15/h15-18H,2-14H2,1H3. The number of carbonyl (C=O) groups excluding carboxylic acids is 1. The lowest BCUT2D eigenvalue weighted by Gasteiger charge is -2.45. The van der Waals surface area contributed by atoms with Crippen molar-refractivity contribution >= 4 is 5.91 Å². The zero-order chi connectivity index (χ0) is 15.8. The Balaban J connectivity index is 1.40. The SMILES string of the molecule is CN1CCN(C(=O)CN2CC3CCC2C3)C(C2CCCCC2)C1. The van der Waals surface area contributed by atoms with Crippen molar-refractivity contribution in [3.8, 4) is 0 Å². The van der Waals surface area contributed by atoms with Crippen molar-refractivity contribution in [2.24, 2.45) is 11.8 Å². The third-order valence-corrected chi connectivity index (χ3v) is 7.00. The number of hydrogen-bond donors (Lipinski definition) is 0. The van der Waals surface area contributed by atoms with Gasteiger partial charge in [0.1, 0.15) is 0 Å². The van der Waals surface area contributed by atoms with Crippen molar-refractivity contribution in [1.82, 2.24) is 14.7 Å². The predicted molar refractivity (Wildman–Crippen MR) is 92.3 cm³/mol. The molecule has 0 N–H and O–H groups in total. The number of carbonyl (C=O) groups is 1. The fraction of sp³-hybridized carbons (Fsp3) is 0.947. The van der Waals surface area contributed by atoms with Crippen molar-refractivity contribution in [1.29, 1.82) is 0 Å². The van der Waals surface area contributed by atoms with Crippen LogP contribution in [0.2, 0.25) is 0 Å². The second kappa shape index (κ2) is 6.72. The quantitative estimate of drug-likeness (QED) is 0.798. The van der Waals surface area contributed by atoms with Gasteiger partial charge in [0.2, 0.25) is 5.91 Å². The third kappa shape index (κ3) is 3.30. The van der Waals surface area contributed by atoms with Crippen molar-refractivity contribution in [3.05, 3.63) is 0 Å². The highest BCUT2D eigenvalue weighted by atomic mass is 16.2. The van der Waals surface area contributed by atoms with Gasteiger partial charge in [0, 0.05) is 38.3 Å². The molecule has 4 fully saturated rings. The van der Waals surface area contributed by atoms with E-state index in [1.54, 1.807) is 0 Å². The number of likely N-dealkylation sites (tertiary alicyclic amines) is 1. The van der Waals surface area contributed by atoms with E-state index in [2.05, 4.69) is 21.7 Å². The molecule has 2 saturated heterocycles. The summed E-state index contributed by atoms with van der Waals surface area (Å²) in [7, 11) is 2.22. The third-order valence-electron chi connectivity index (χ3n) is 7.00. The minimum absolute atomic E-state index is 0.418. The zero-order valence-corrected chi connectivity index (χ0v) is 14.8. The second-order valence-corrected chi connectivity index (χ2v) is 8.58. The van der Waals surface area contributed by atoms with Crippen LogP contribution >= 0.6 is 0 Å². The Labute approximate surface area is 141 Å². The van der Waals surface area contributed by atoms with Gasteiger partial charge < -0.3 is 9.80 Å². The van der Waals surface area contributed by atoms with Gasteiger partial charge in [-0.1, -0.05) is 19.3 Å². The van der Waals surface area contributed by atoms with Crippen LogP contribution in [0.15, 0.2) is 0 Å². The van der Waals surface area contributed by atoms with Gasteiger partial charge in [-0.2, -0.15) is 0 Å². The molecular formula is C19H33N3O. The molecule has 130 valence electrons. The first kappa shape index (κ1) is 15.9. The second-order valence-electron chi connectivity index (χ2n) is 8.58. The highest BCUT2D eigenvalue weighted by Gasteiger charge is 2.41. The van der Waals surface area contributed by atoms with Crippen LogP contribution in [0.3, 0.4) is 0 Å². The molecule has 3 unspecified atom stereocenters. The fourth-order valence-electron chi connectivity index (χ4n) is 5.67. The molecule has 2 heterocycles. The first-order chi connectivity index (χ1) is 11.2. The maximum absolute atomic E-state index is 13.1. The Hall–Kier alpha value is -0.610. The minimum atomic E-state index is 0.418. The van der Waals surface area contributed by atoms with Gasteiger partial charge in [-0.05, 0) is 51.0 Å². The van der Waals surface area contributed by atoms with E-state index in [1.807, 2.05) is 0 Å². The molecule has 2 aliphatic carbocycles. The summed E-state index contributed by atoms with van der Waals surface area (Å²) in [5.74, 6) is 2.04. The molecule has 23 heavy (non-hydrogen) atoms. The van der Waals surface area contributed by atoms with Gasteiger partial charge in [-0.25, -0.2) is 0 Å². The van der Waals surface area contributed by atoms with Crippen LogP contribution in [0.5, 0.6) is 0 Å². The van der Waals surface area contributed by atoms with E-state index in [0.29, 0.717) is 24.5 Å². The minimum Gasteiger partial charge on any atom is -0.336 e. The number of piperazine rings is 1. The lowest BCUT2D eigenvalue weighted by molar-refractivity contribution is -0.139. The van der Waals surface area contributed by atoms with E-state index < -0.39 is 0 Å². The molecule has 0 aromatic heterocycles. The van der Waals surface area contributed by atoms with Crippen molar-refractivity contribution in [2.45, 2.75) is 63.5 Å². The number of rotatable bonds is 3. The summed E-state index contributed by atoms with van der Waals surface area (Å²) in [4.78, 5) is 20.3. The Bertz CT molecular complexity index is 434. The normalized spacial score (nSPS) is 36.7. The van der Waals surface area contributed by atoms with Gasteiger partial charge in [0.25, 0.3) is 0 Å². The Morgan fingerprint density at radius 1 is 1.00 bits per heavy atom. The molecule has 4 nitrogen and oxygen atoms in total. The number of nitrogens with zero attached hydrogens (tertiary/aromatic N) is 3. The molecule has 2 bridgehead atoms. The van der Waals surface area contributed by atoms with Crippen molar-refractivity contribution in [2.75, 3.05) is 39.8 Å². The van der Waals surface area contributed by atoms with Crippen LogP contribution in [-0.2, 0) is 4.79 Å². The van der Waals surface area contributed by atoms with Gasteiger partial charge in [-0.15, -0.1) is 0 Å². The van der Waals surface area contributed by atoms with E-state index in [-0.39, 0.29) is 0 Å². The number of amides is 1. The van der Waals surface area contributed by atoms with Crippen molar-refractivity contribution < 1.29 is 4.79 Å². The Kier molecular flexibility index (Phi) is 4.64. The predicted octanol–water partition coefficient (Wildman–Crippen LogP) is 2.19. The Morgan fingerprint density at radius 2 is 1.83 bits per heavy atom. The van der Waals surface area contributed by atoms with E-state index in [4.69, 9.17) is 0 Å². The van der Waals surface area contributed by atoms with Gasteiger partial charge >= 0.3 is 0 Å². The fourth-order valence-corrected chi connectivity index (χ4v) is 5.67. The number of hydrogen-bond acceptors (Lipinski definition) is 3. The maximum Gasteiger partial charge on any atom is 0.237 e. The first-order valence-corrected chi connectivity index (χ1v) is 9.93. The number of fused-ring (bicyclic) bond motifs is 2. The van der Waals surface area contributed by atoms with Crippen LogP contribution in [0.1, 0.15) is 51.4 Å². The molecule has 0 spiro atoms. The molecule has 2 saturated carbocycles. The van der Waals surface area contributed by atoms with Crippen LogP contribution in [0.4, 0.5) is 0 Å². The van der Waals surface area contributed by atoms with Crippen LogP contribution < -0.4 is 0 Å². The highest BCUT2D eigenvalue weighted by molar-refractivity contribution is 5.79. The topological polar surface area (TPSA) is 26.8 Å². The highest BCUT2D eigenvalue weighted by Crippen LogP contribution is 2.37. The maximum atomic E-state index is 13.1. The largest absolute Gasteiger partial charge is 0.336 e. The molecule has 4 aliphatic rings. The molecule has 0 aromatic rings.